The zero-order chi connectivity index (χ0) is 8.27. The summed E-state index contributed by atoms with van der Waals surface area (Å²) in [6, 6.07) is 6.77. The molecule has 1 aromatic rings. The van der Waals surface area contributed by atoms with Crippen LogP contribution in [0.1, 0.15) is 19.3 Å². The van der Waals surface area contributed by atoms with Gasteiger partial charge in [-0.05, 0) is 0 Å². The van der Waals surface area contributed by atoms with Crippen LogP contribution in [0.4, 0.5) is 5.58 Å². The molecule has 2 heteroatoms. The van der Waals surface area contributed by atoms with Crippen molar-refractivity contribution >= 4 is 12.5 Å². The first-order valence-electron chi connectivity index (χ1n) is 4.01. The average Bonchev–Trinajstić information content (AvgIpc) is 1.85. The molecule has 0 saturated heterocycles. The summed E-state index contributed by atoms with van der Waals surface area (Å²) in [7, 11) is 0. The summed E-state index contributed by atoms with van der Waals surface area (Å²) in [6.45, 7) is 8.54. The molecule has 1 N–H and O–H groups in total. The predicted octanol–water partition coefficient (Wildman–Crippen LogP) is 2.15. The van der Waals surface area contributed by atoms with E-state index in [0.29, 0.717) is 6.04 Å². The zero-order valence-corrected chi connectivity index (χ0v) is 7.39. The Morgan fingerprint density at radius 2 is 2.09 bits per heavy atom. The number of anilines is 1. The first kappa shape index (κ1) is 8.31. The fourth-order valence-corrected chi connectivity index (χ4v) is 1.07. The van der Waals surface area contributed by atoms with Crippen molar-refractivity contribution in [1.29, 1.82) is 0 Å². The van der Waals surface area contributed by atoms with Crippen molar-refractivity contribution < 1.29 is 0 Å². The summed E-state index contributed by atoms with van der Waals surface area (Å²) in [5.74, 6) is 0. The van der Waals surface area contributed by atoms with E-state index in [1.807, 2.05) is 0 Å². The molecule has 0 atom stereocenters. The van der Waals surface area contributed by atoms with Gasteiger partial charge in [-0.2, -0.15) is 0 Å². The molecule has 0 aromatic carbocycles. The Hall–Kier alpha value is -0.785. The fourth-order valence-electron chi connectivity index (χ4n) is 1.07. The third kappa shape index (κ3) is 2.75. The van der Waals surface area contributed by atoms with Crippen molar-refractivity contribution in [2.45, 2.75) is 26.8 Å². The fraction of sp³-hybridized carbons (Fsp3) is 0.444. The van der Waals surface area contributed by atoms with Crippen LogP contribution in [-0.2, 0) is 0 Å². The van der Waals surface area contributed by atoms with E-state index >= 15 is 0 Å². The summed E-state index contributed by atoms with van der Waals surface area (Å²) >= 11 is 0. The van der Waals surface area contributed by atoms with Crippen molar-refractivity contribution in [3.8, 4) is 0 Å². The van der Waals surface area contributed by atoms with Gasteiger partial charge in [0.25, 0.3) is 0 Å². The van der Waals surface area contributed by atoms with E-state index in [1.165, 1.54) is 11.0 Å². The standard InChI is InChI=1S/C9H14BN/c1-7(2)11-9-6-4-5-8(3)10-9/h4-7,11H,1-3H3. The molecule has 1 rings (SSSR count). The molecular formula is C9H14BN. The van der Waals surface area contributed by atoms with Crippen molar-refractivity contribution in [2.24, 2.45) is 0 Å². The van der Waals surface area contributed by atoms with Gasteiger partial charge in [-0.3, -0.25) is 0 Å². The summed E-state index contributed by atoms with van der Waals surface area (Å²) in [5.41, 5.74) is 2.51. The predicted molar refractivity (Wildman–Crippen MR) is 51.3 cm³/mol. The van der Waals surface area contributed by atoms with E-state index in [9.17, 15) is 0 Å². The van der Waals surface area contributed by atoms with Crippen LogP contribution in [0.3, 0.4) is 0 Å². The molecule has 1 aromatic heterocycles. The van der Waals surface area contributed by atoms with E-state index in [-0.39, 0.29) is 0 Å². The van der Waals surface area contributed by atoms with Crippen molar-refractivity contribution in [3.63, 3.8) is 0 Å². The molecule has 58 valence electrons. The maximum absolute atomic E-state index is 3.35. The van der Waals surface area contributed by atoms with Gasteiger partial charge in [0, 0.05) is 0 Å². The van der Waals surface area contributed by atoms with E-state index in [2.05, 4.69) is 51.2 Å². The molecule has 0 saturated carbocycles. The van der Waals surface area contributed by atoms with Gasteiger partial charge in [0.05, 0.1) is 0 Å². The summed E-state index contributed by atoms with van der Waals surface area (Å²) in [6.07, 6.45) is 0. The monoisotopic (exact) mass is 147 g/mol. The van der Waals surface area contributed by atoms with Gasteiger partial charge in [0.1, 0.15) is 0 Å². The molecule has 1 nitrogen and oxygen atoms in total. The molecule has 0 aliphatic carbocycles. The van der Waals surface area contributed by atoms with Crippen LogP contribution < -0.4 is 5.32 Å². The van der Waals surface area contributed by atoms with Crippen LogP contribution in [0.5, 0.6) is 0 Å². The molecule has 11 heavy (non-hydrogen) atoms. The second-order valence-electron chi connectivity index (χ2n) is 3.17. The molecule has 0 unspecified atom stereocenters. The quantitative estimate of drug-likeness (QED) is 0.675. The SMILES string of the molecule is Cc1bc(NC(C)C)ccc1. The molecule has 0 fully saturated rings. The summed E-state index contributed by atoms with van der Waals surface area (Å²) in [4.78, 5) is 0. The van der Waals surface area contributed by atoms with Crippen molar-refractivity contribution in [2.75, 3.05) is 5.32 Å². The Balaban J connectivity index is 2.71. The minimum atomic E-state index is 0.511. The first-order valence-corrected chi connectivity index (χ1v) is 4.01. The maximum atomic E-state index is 3.35. The van der Waals surface area contributed by atoms with Gasteiger partial charge in [-0.15, -0.1) is 0 Å². The molecule has 1 heterocycles. The van der Waals surface area contributed by atoms with Gasteiger partial charge in [0.15, 0.2) is 0 Å². The molecule has 0 amide bonds. The Morgan fingerprint density at radius 1 is 1.36 bits per heavy atom. The third-order valence-corrected chi connectivity index (χ3v) is 1.47. The molecule has 0 radical (unpaired) electrons. The summed E-state index contributed by atoms with van der Waals surface area (Å²) < 4.78 is 0. The second-order valence-corrected chi connectivity index (χ2v) is 3.17. The van der Waals surface area contributed by atoms with E-state index < -0.39 is 0 Å². The van der Waals surface area contributed by atoms with Gasteiger partial charge >= 0.3 is 68.3 Å². The molecule has 0 aliphatic rings. The number of hydrogen-bond donors (Lipinski definition) is 1. The van der Waals surface area contributed by atoms with E-state index in [4.69, 9.17) is 0 Å². The minimum absolute atomic E-state index is 0.511. The first-order chi connectivity index (χ1) is 5.18. The number of rotatable bonds is 2. The second kappa shape index (κ2) is 3.56. The molecule has 0 bridgehead atoms. The Kier molecular flexibility index (Phi) is 2.69. The molecule has 0 spiro atoms. The zero-order valence-electron chi connectivity index (χ0n) is 7.39. The topological polar surface area (TPSA) is 12.0 Å². The Labute approximate surface area is 69.0 Å². The number of aryl methyl sites for hydroxylation is 1. The molecule has 0 aliphatic heterocycles. The van der Waals surface area contributed by atoms with Crippen LogP contribution in [0.2, 0.25) is 0 Å². The van der Waals surface area contributed by atoms with Gasteiger partial charge in [-0.25, -0.2) is 0 Å². The summed E-state index contributed by atoms with van der Waals surface area (Å²) in [5, 5.41) is 3.35. The van der Waals surface area contributed by atoms with E-state index in [0.717, 1.165) is 0 Å². The average molecular weight is 147 g/mol. The van der Waals surface area contributed by atoms with Gasteiger partial charge in [0.2, 0.25) is 0 Å². The van der Waals surface area contributed by atoms with Crippen LogP contribution >= 0.6 is 0 Å². The molecular weight excluding hydrogens is 133 g/mol. The van der Waals surface area contributed by atoms with Crippen LogP contribution in [0.25, 0.3) is 0 Å². The van der Waals surface area contributed by atoms with Gasteiger partial charge in [-0.1, -0.05) is 0 Å². The number of nitrogens with one attached hydrogen (secondary N) is 1. The normalized spacial score (nSPS) is 9.82. The van der Waals surface area contributed by atoms with Crippen molar-refractivity contribution in [1.82, 2.24) is 0 Å². The van der Waals surface area contributed by atoms with Crippen LogP contribution in [-0.4, -0.2) is 13.0 Å². The van der Waals surface area contributed by atoms with Crippen LogP contribution in [0, 0.1) is 6.92 Å². The Morgan fingerprint density at radius 3 is 2.64 bits per heavy atom. The third-order valence-electron chi connectivity index (χ3n) is 1.47. The van der Waals surface area contributed by atoms with Gasteiger partial charge < -0.3 is 0 Å². The number of hydrogen-bond acceptors (Lipinski definition) is 1. The van der Waals surface area contributed by atoms with Crippen LogP contribution in [0.15, 0.2) is 18.2 Å². The van der Waals surface area contributed by atoms with Crippen molar-refractivity contribution in [3.05, 3.63) is 23.7 Å². The van der Waals surface area contributed by atoms with E-state index in [1.54, 1.807) is 0 Å². The Bertz CT molecular complexity index is 233.